The van der Waals surface area contributed by atoms with E-state index in [0.29, 0.717) is 97.8 Å². The quantitative estimate of drug-likeness (QED) is 0.149. The van der Waals surface area contributed by atoms with Gasteiger partial charge >= 0.3 is 5.97 Å². The van der Waals surface area contributed by atoms with Crippen LogP contribution in [-0.2, 0) is 29.3 Å². The molecule has 1 saturated heterocycles. The molecular formula is C28H31N4O10S+. The molecule has 0 spiro atoms. The SMILES string of the molecule is O=C(CCC[N+]1=c2cc3c(cc2OCC1)=Nc1cc2c(cc1O3)N(CCCCS(=O)(=O)O)CCO2)ON1C(=O)CCC1=O. The largest absolute Gasteiger partial charge is 0.489 e. The van der Waals surface area contributed by atoms with Crippen molar-refractivity contribution >= 4 is 39.3 Å². The number of fused-ring (bicyclic) bond motifs is 4. The molecule has 0 bridgehead atoms. The number of hydrogen-bond donors (Lipinski definition) is 1. The zero-order chi connectivity index (χ0) is 30.1. The number of anilines is 1. The van der Waals surface area contributed by atoms with Crippen molar-refractivity contribution in [1.82, 2.24) is 9.64 Å². The molecule has 15 heteroatoms. The molecule has 4 aliphatic rings. The number of carbonyl (C=O) groups excluding carboxylic acids is 3. The Morgan fingerprint density at radius 1 is 0.977 bits per heavy atom. The Morgan fingerprint density at radius 3 is 2.56 bits per heavy atom. The number of rotatable bonds is 10. The molecule has 0 aliphatic carbocycles. The third-order valence-corrected chi connectivity index (χ3v) is 8.35. The van der Waals surface area contributed by atoms with E-state index in [1.807, 2.05) is 24.3 Å². The van der Waals surface area contributed by atoms with Crippen molar-refractivity contribution in [1.29, 1.82) is 0 Å². The fraction of sp³-hybridized carbons (Fsp3) is 0.464. The molecule has 1 fully saturated rings. The summed E-state index contributed by atoms with van der Waals surface area (Å²) in [6.07, 6.45) is 1.50. The lowest BCUT2D eigenvalue weighted by atomic mass is 10.1. The Labute approximate surface area is 246 Å². The zero-order valence-electron chi connectivity index (χ0n) is 23.3. The Morgan fingerprint density at radius 2 is 1.77 bits per heavy atom. The molecule has 228 valence electrons. The van der Waals surface area contributed by atoms with Crippen molar-refractivity contribution in [2.24, 2.45) is 4.99 Å². The lowest BCUT2D eigenvalue weighted by molar-refractivity contribution is -0.197. The van der Waals surface area contributed by atoms with Crippen molar-refractivity contribution in [3.05, 3.63) is 35.0 Å². The summed E-state index contributed by atoms with van der Waals surface area (Å²) in [5.74, 6) is 0.474. The predicted molar refractivity (Wildman–Crippen MR) is 150 cm³/mol. The van der Waals surface area contributed by atoms with Gasteiger partial charge in [0, 0.05) is 44.0 Å². The Kier molecular flexibility index (Phi) is 7.92. The first kappa shape index (κ1) is 28.9. The number of hydrogen-bond acceptors (Lipinski definition) is 11. The van der Waals surface area contributed by atoms with Gasteiger partial charge in [0.2, 0.25) is 5.36 Å². The summed E-state index contributed by atoms with van der Waals surface area (Å²) in [5.41, 5.74) is 1.43. The summed E-state index contributed by atoms with van der Waals surface area (Å²) in [4.78, 5) is 47.5. The lowest BCUT2D eigenvalue weighted by Gasteiger charge is -2.32. The second-order valence-corrected chi connectivity index (χ2v) is 12.2. The highest BCUT2D eigenvalue weighted by Crippen LogP contribution is 2.44. The average molecular weight is 616 g/mol. The monoisotopic (exact) mass is 615 g/mol. The van der Waals surface area contributed by atoms with E-state index in [4.69, 9.17) is 28.6 Å². The van der Waals surface area contributed by atoms with Crippen molar-refractivity contribution in [2.75, 3.05) is 50.0 Å². The fourth-order valence-corrected chi connectivity index (χ4v) is 6.00. The normalized spacial score (nSPS) is 17.1. The average Bonchev–Trinajstić information content (AvgIpc) is 3.28. The van der Waals surface area contributed by atoms with Crippen LogP contribution in [0.5, 0.6) is 23.0 Å². The minimum atomic E-state index is -3.99. The number of nitrogens with zero attached hydrogens (tertiary/aromatic N) is 4. The van der Waals surface area contributed by atoms with Gasteiger partial charge in [-0.25, -0.2) is 14.4 Å². The van der Waals surface area contributed by atoms with E-state index in [1.165, 1.54) is 0 Å². The zero-order valence-corrected chi connectivity index (χ0v) is 24.1. The highest BCUT2D eigenvalue weighted by atomic mass is 32.2. The van der Waals surface area contributed by atoms with Gasteiger partial charge in [0.25, 0.3) is 21.9 Å². The molecule has 2 amide bonds. The van der Waals surface area contributed by atoms with Crippen LogP contribution in [0.25, 0.3) is 0 Å². The first-order valence-electron chi connectivity index (χ1n) is 14.2. The van der Waals surface area contributed by atoms with Gasteiger partial charge in [-0.3, -0.25) is 14.1 Å². The van der Waals surface area contributed by atoms with Gasteiger partial charge in [0.15, 0.2) is 23.8 Å². The van der Waals surface area contributed by atoms with Crippen LogP contribution < -0.4 is 34.4 Å². The highest BCUT2D eigenvalue weighted by Gasteiger charge is 2.33. The maximum Gasteiger partial charge on any atom is 0.333 e. The van der Waals surface area contributed by atoms with Crippen LogP contribution in [0.1, 0.15) is 38.5 Å². The van der Waals surface area contributed by atoms with Gasteiger partial charge in [-0.1, -0.05) is 0 Å². The Bertz CT molecular complexity index is 1710. The molecule has 1 N–H and O–H groups in total. The number of carbonyl (C=O) groups is 3. The number of benzene rings is 2. The number of amides is 2. The van der Waals surface area contributed by atoms with Crippen molar-refractivity contribution < 1.29 is 46.4 Å². The lowest BCUT2D eigenvalue weighted by Crippen LogP contribution is -2.41. The molecule has 0 unspecified atom stereocenters. The second-order valence-electron chi connectivity index (χ2n) is 10.6. The van der Waals surface area contributed by atoms with E-state index in [9.17, 15) is 22.8 Å². The minimum absolute atomic E-state index is 0.0351. The number of unbranched alkanes of at least 4 members (excludes halogenated alkanes) is 1. The third kappa shape index (κ3) is 6.41. The van der Waals surface area contributed by atoms with Gasteiger partial charge in [-0.2, -0.15) is 8.42 Å². The molecule has 6 rings (SSSR count). The van der Waals surface area contributed by atoms with Gasteiger partial charge in [-0.15, -0.1) is 5.06 Å². The second kappa shape index (κ2) is 11.8. The number of imide groups is 1. The Hall–Kier alpha value is -4.24. The van der Waals surface area contributed by atoms with Crippen LogP contribution in [0.15, 0.2) is 29.3 Å². The highest BCUT2D eigenvalue weighted by molar-refractivity contribution is 7.85. The summed E-state index contributed by atoms with van der Waals surface area (Å²) in [6.45, 7) is 3.25. The molecule has 0 radical (unpaired) electrons. The molecule has 14 nitrogen and oxygen atoms in total. The van der Waals surface area contributed by atoms with Crippen molar-refractivity contribution in [3.63, 3.8) is 0 Å². The van der Waals surface area contributed by atoms with E-state index in [0.717, 1.165) is 11.0 Å². The Balaban J connectivity index is 1.17. The van der Waals surface area contributed by atoms with E-state index in [2.05, 4.69) is 9.48 Å². The van der Waals surface area contributed by atoms with Crippen LogP contribution in [-0.4, -0.2) is 81.0 Å². The van der Waals surface area contributed by atoms with Crippen LogP contribution in [0.4, 0.5) is 11.4 Å². The van der Waals surface area contributed by atoms with E-state index >= 15 is 0 Å². The molecule has 0 saturated carbocycles. The molecule has 0 atom stereocenters. The molecule has 2 aromatic rings. The van der Waals surface area contributed by atoms with Crippen LogP contribution in [0.3, 0.4) is 0 Å². The van der Waals surface area contributed by atoms with Crippen LogP contribution in [0.2, 0.25) is 0 Å². The number of hydroxylamine groups is 2. The molecular weight excluding hydrogens is 584 g/mol. The van der Waals surface area contributed by atoms with Crippen LogP contribution >= 0.6 is 0 Å². The summed E-state index contributed by atoms with van der Waals surface area (Å²) >= 11 is 0. The third-order valence-electron chi connectivity index (χ3n) is 7.55. The molecule has 43 heavy (non-hydrogen) atoms. The molecule has 4 heterocycles. The summed E-state index contributed by atoms with van der Waals surface area (Å²) in [6, 6.07) is 7.38. The molecule has 0 aromatic heterocycles. The maximum absolute atomic E-state index is 12.2. The first-order valence-corrected chi connectivity index (χ1v) is 15.8. The topological polar surface area (TPSA) is 164 Å². The summed E-state index contributed by atoms with van der Waals surface area (Å²) in [5, 5.41) is 1.96. The van der Waals surface area contributed by atoms with Crippen molar-refractivity contribution in [3.8, 4) is 23.0 Å². The smallest absolute Gasteiger partial charge is 0.333 e. The summed E-state index contributed by atoms with van der Waals surface area (Å²) < 4.78 is 51.3. The van der Waals surface area contributed by atoms with E-state index in [1.54, 1.807) is 0 Å². The molecule has 2 aromatic carbocycles. The standard InChI is InChI=1S/C28H30N4O10S/c33-26-5-6-27(34)32(26)42-28(35)4-3-8-31-10-12-40-25-15-19-23(17-21(25)31)41-22-16-20-24(14-18(22)29-19)39-11-9-30(20)7-1-2-13-43(36,37)38/h14-17H,1-13H2/p+1. The predicted octanol–water partition coefficient (Wildman–Crippen LogP) is 0.881. The molecule has 4 aliphatic heterocycles. The van der Waals surface area contributed by atoms with Crippen LogP contribution in [0, 0.1) is 0 Å². The number of ether oxygens (including phenoxy) is 3. The summed E-state index contributed by atoms with van der Waals surface area (Å²) in [7, 11) is -3.99. The van der Waals surface area contributed by atoms with Crippen molar-refractivity contribution in [2.45, 2.75) is 38.5 Å². The van der Waals surface area contributed by atoms with E-state index in [-0.39, 0.29) is 25.0 Å². The fourth-order valence-electron chi connectivity index (χ4n) is 5.43. The maximum atomic E-state index is 12.2. The van der Waals surface area contributed by atoms with E-state index < -0.39 is 27.9 Å². The van der Waals surface area contributed by atoms with Gasteiger partial charge in [0.05, 0.1) is 30.5 Å². The minimum Gasteiger partial charge on any atom is -0.489 e. The van der Waals surface area contributed by atoms with Gasteiger partial charge in [0.1, 0.15) is 36.6 Å². The van der Waals surface area contributed by atoms with Gasteiger partial charge < -0.3 is 23.9 Å². The first-order chi connectivity index (χ1) is 20.6. The van der Waals surface area contributed by atoms with Gasteiger partial charge in [-0.05, 0) is 12.8 Å².